The fourth-order valence-corrected chi connectivity index (χ4v) is 4.17. The Bertz CT molecular complexity index is 1130. The number of hydrogen-bond acceptors (Lipinski definition) is 7. The van der Waals surface area contributed by atoms with Gasteiger partial charge < -0.3 is 24.1 Å². The van der Waals surface area contributed by atoms with Crippen molar-refractivity contribution >= 4 is 29.3 Å². The van der Waals surface area contributed by atoms with Crippen molar-refractivity contribution in [1.82, 2.24) is 10.3 Å². The monoisotopic (exact) mass is 465 g/mol. The second-order valence-electron chi connectivity index (χ2n) is 10.2. The number of nitrogens with one attached hydrogen (secondary N) is 1. The molecule has 0 unspecified atom stereocenters. The second kappa shape index (κ2) is 9.08. The zero-order valence-electron chi connectivity index (χ0n) is 20.7. The van der Waals surface area contributed by atoms with Gasteiger partial charge in [-0.3, -0.25) is 4.79 Å². The van der Waals surface area contributed by atoms with Crippen LogP contribution in [0.25, 0.3) is 10.8 Å². The molecule has 8 nitrogen and oxygen atoms in total. The van der Waals surface area contributed by atoms with Gasteiger partial charge in [0, 0.05) is 35.9 Å². The predicted molar refractivity (Wildman–Crippen MR) is 129 cm³/mol. The number of fused-ring (bicyclic) bond motifs is 1. The SMILES string of the molecule is CC(C)Oc1cc2c(OCC[C@@H]3CCC(=O)N3)ncc(B3OC(C)(C)C(C)(C)O3)c2cc1C#N. The Morgan fingerprint density at radius 3 is 2.53 bits per heavy atom. The van der Waals surface area contributed by atoms with E-state index in [-0.39, 0.29) is 18.1 Å². The summed E-state index contributed by atoms with van der Waals surface area (Å²) < 4.78 is 24.5. The molecule has 2 aromatic rings. The molecule has 34 heavy (non-hydrogen) atoms. The van der Waals surface area contributed by atoms with E-state index < -0.39 is 18.3 Å². The van der Waals surface area contributed by atoms with Gasteiger partial charge in [-0.15, -0.1) is 0 Å². The molecule has 0 spiro atoms. The van der Waals surface area contributed by atoms with E-state index in [9.17, 15) is 10.1 Å². The molecule has 2 aliphatic rings. The number of pyridine rings is 1. The van der Waals surface area contributed by atoms with Crippen molar-refractivity contribution in [1.29, 1.82) is 5.26 Å². The largest absolute Gasteiger partial charge is 0.497 e. The van der Waals surface area contributed by atoms with Crippen LogP contribution < -0.4 is 20.3 Å². The average Bonchev–Trinajstić information content (AvgIpc) is 3.25. The number of carbonyl (C=O) groups excluding carboxylic acids is 1. The van der Waals surface area contributed by atoms with Crippen LogP contribution >= 0.6 is 0 Å². The molecule has 0 saturated carbocycles. The minimum Gasteiger partial charge on any atom is -0.490 e. The minimum atomic E-state index is -0.633. The average molecular weight is 465 g/mol. The molecule has 1 amide bonds. The molecule has 2 aliphatic heterocycles. The standard InChI is InChI=1S/C25H32BN3O5/c1-15(2)32-21-12-19-18(11-16(21)13-27)20(26-33-24(3,4)25(5,6)34-26)14-28-23(19)31-10-9-17-7-8-22(30)29-17/h11-12,14-15,17H,7-10H2,1-6H3,(H,29,30)/t17-/m0/s1. The first-order valence-electron chi connectivity index (χ1n) is 11.8. The summed E-state index contributed by atoms with van der Waals surface area (Å²) in [5.41, 5.74) is 0.134. The van der Waals surface area contributed by atoms with Gasteiger partial charge >= 0.3 is 7.12 Å². The summed E-state index contributed by atoms with van der Waals surface area (Å²) in [5.74, 6) is 1.00. The first kappa shape index (κ1) is 24.3. The molecule has 2 fully saturated rings. The van der Waals surface area contributed by atoms with Crippen molar-refractivity contribution < 1.29 is 23.6 Å². The van der Waals surface area contributed by atoms with Crippen molar-refractivity contribution in [2.45, 2.75) is 84.2 Å². The Morgan fingerprint density at radius 1 is 1.24 bits per heavy atom. The van der Waals surface area contributed by atoms with Crippen molar-refractivity contribution in [3.8, 4) is 17.7 Å². The van der Waals surface area contributed by atoms with E-state index in [0.29, 0.717) is 36.6 Å². The molecule has 4 rings (SSSR count). The lowest BCUT2D eigenvalue weighted by atomic mass is 9.77. The van der Waals surface area contributed by atoms with Gasteiger partial charge in [0.1, 0.15) is 11.8 Å². The van der Waals surface area contributed by atoms with E-state index in [1.54, 1.807) is 12.3 Å². The Kier molecular flexibility index (Phi) is 6.49. The van der Waals surface area contributed by atoms with Crippen LogP contribution in [0, 0.1) is 11.3 Å². The lowest BCUT2D eigenvalue weighted by Crippen LogP contribution is -2.41. The van der Waals surface area contributed by atoms with Gasteiger partial charge in [-0.05, 0) is 65.5 Å². The molecule has 180 valence electrons. The van der Waals surface area contributed by atoms with Crippen LogP contribution in [-0.4, -0.2) is 48.0 Å². The van der Waals surface area contributed by atoms with Crippen LogP contribution in [0.4, 0.5) is 0 Å². The third kappa shape index (κ3) is 4.70. The molecule has 3 heterocycles. The van der Waals surface area contributed by atoms with E-state index in [0.717, 1.165) is 22.7 Å². The maximum Gasteiger partial charge on any atom is 0.497 e. The summed E-state index contributed by atoms with van der Waals surface area (Å²) in [4.78, 5) is 16.1. The zero-order valence-corrected chi connectivity index (χ0v) is 20.7. The van der Waals surface area contributed by atoms with Gasteiger partial charge in [0.2, 0.25) is 11.8 Å². The van der Waals surface area contributed by atoms with Gasteiger partial charge in [0.15, 0.2) is 0 Å². The topological polar surface area (TPSA) is 103 Å². The van der Waals surface area contributed by atoms with Crippen LogP contribution in [0.2, 0.25) is 0 Å². The van der Waals surface area contributed by atoms with Crippen molar-refractivity contribution in [2.75, 3.05) is 6.61 Å². The fraction of sp³-hybridized carbons (Fsp3) is 0.560. The van der Waals surface area contributed by atoms with E-state index in [4.69, 9.17) is 18.8 Å². The number of rotatable bonds is 7. The number of nitriles is 1. The predicted octanol–water partition coefficient (Wildman–Crippen LogP) is 3.24. The number of hydrogen-bond donors (Lipinski definition) is 1. The number of amides is 1. The maximum atomic E-state index is 11.5. The summed E-state index contributed by atoms with van der Waals surface area (Å²) in [7, 11) is -0.633. The molecule has 0 bridgehead atoms. The third-order valence-corrected chi connectivity index (χ3v) is 6.76. The van der Waals surface area contributed by atoms with Crippen LogP contribution in [0.3, 0.4) is 0 Å². The Hall–Kier alpha value is -2.83. The van der Waals surface area contributed by atoms with Gasteiger partial charge in [-0.1, -0.05) is 0 Å². The smallest absolute Gasteiger partial charge is 0.490 e. The Labute approximate surface area is 201 Å². The Balaban J connectivity index is 1.72. The second-order valence-corrected chi connectivity index (χ2v) is 10.2. The Morgan fingerprint density at radius 2 is 1.94 bits per heavy atom. The highest BCUT2D eigenvalue weighted by Gasteiger charge is 2.52. The minimum absolute atomic E-state index is 0.0832. The maximum absolute atomic E-state index is 11.5. The fourth-order valence-electron chi connectivity index (χ4n) is 4.17. The molecular formula is C25H32BN3O5. The van der Waals surface area contributed by atoms with Gasteiger partial charge in [-0.25, -0.2) is 4.98 Å². The van der Waals surface area contributed by atoms with E-state index in [2.05, 4.69) is 16.4 Å². The van der Waals surface area contributed by atoms with E-state index >= 15 is 0 Å². The molecule has 0 radical (unpaired) electrons. The highest BCUT2D eigenvalue weighted by Crippen LogP contribution is 2.38. The molecule has 1 N–H and O–H groups in total. The summed E-state index contributed by atoms with van der Waals surface area (Å²) in [6.07, 6.45) is 3.66. The van der Waals surface area contributed by atoms with Crippen LogP contribution in [0.5, 0.6) is 11.6 Å². The first-order chi connectivity index (χ1) is 16.0. The number of carbonyl (C=O) groups is 1. The van der Waals surface area contributed by atoms with Crippen LogP contribution in [0.15, 0.2) is 18.3 Å². The first-order valence-corrected chi connectivity index (χ1v) is 11.8. The molecule has 1 atom stereocenters. The summed E-state index contributed by atoms with van der Waals surface area (Å²) in [6, 6.07) is 5.96. The molecule has 2 saturated heterocycles. The third-order valence-electron chi connectivity index (χ3n) is 6.76. The van der Waals surface area contributed by atoms with Crippen molar-refractivity contribution in [3.63, 3.8) is 0 Å². The number of aromatic nitrogens is 1. The van der Waals surface area contributed by atoms with Crippen molar-refractivity contribution in [3.05, 3.63) is 23.9 Å². The quantitative estimate of drug-likeness (QED) is 0.627. The summed E-state index contributed by atoms with van der Waals surface area (Å²) in [5, 5.41) is 14.2. The highest BCUT2D eigenvalue weighted by molar-refractivity contribution is 6.65. The van der Waals surface area contributed by atoms with Crippen molar-refractivity contribution in [2.24, 2.45) is 0 Å². The van der Waals surface area contributed by atoms with Gasteiger partial charge in [-0.2, -0.15) is 5.26 Å². The van der Waals surface area contributed by atoms with E-state index in [1.165, 1.54) is 0 Å². The van der Waals surface area contributed by atoms with Gasteiger partial charge in [0.05, 0.1) is 29.5 Å². The molecule has 1 aromatic heterocycles. The molecule has 9 heteroatoms. The lowest BCUT2D eigenvalue weighted by molar-refractivity contribution is -0.119. The molecule has 1 aromatic carbocycles. The number of benzene rings is 1. The zero-order chi connectivity index (χ0) is 24.7. The number of nitrogens with zero attached hydrogens (tertiary/aromatic N) is 2. The van der Waals surface area contributed by atoms with Crippen LogP contribution in [0.1, 0.15) is 66.4 Å². The molecule has 0 aliphatic carbocycles. The van der Waals surface area contributed by atoms with Gasteiger partial charge in [0.25, 0.3) is 0 Å². The highest BCUT2D eigenvalue weighted by atomic mass is 16.7. The molecular weight excluding hydrogens is 433 g/mol. The lowest BCUT2D eigenvalue weighted by Gasteiger charge is -2.32. The number of ether oxygens (including phenoxy) is 2. The summed E-state index contributed by atoms with van der Waals surface area (Å²) >= 11 is 0. The van der Waals surface area contributed by atoms with E-state index in [1.807, 2.05) is 47.6 Å². The summed E-state index contributed by atoms with van der Waals surface area (Å²) in [6.45, 7) is 12.2. The van der Waals surface area contributed by atoms with Crippen LogP contribution in [-0.2, 0) is 14.1 Å². The normalized spacial score (nSPS) is 21.1.